The molecule has 2 aromatic heterocycles. The van der Waals surface area contributed by atoms with Crippen LogP contribution in [0.3, 0.4) is 0 Å². The van der Waals surface area contributed by atoms with Gasteiger partial charge in [-0.3, -0.25) is 4.79 Å². The number of ether oxygens (including phenoxy) is 4. The molecule has 2 aromatic carbocycles. The molecule has 4 aromatic rings. The lowest BCUT2D eigenvalue weighted by Crippen LogP contribution is -2.34. The molecule has 0 aliphatic carbocycles. The van der Waals surface area contributed by atoms with Gasteiger partial charge >= 0.3 is 0 Å². The number of aromatic nitrogens is 2. The van der Waals surface area contributed by atoms with E-state index in [0.29, 0.717) is 36.1 Å². The molecular weight excluding hydrogens is 482 g/mol. The van der Waals surface area contributed by atoms with Crippen LogP contribution in [0, 0.1) is 0 Å². The van der Waals surface area contributed by atoms with Crippen molar-refractivity contribution in [2.75, 3.05) is 35.0 Å². The number of hydrogen-bond acceptors (Lipinski definition) is 6. The van der Waals surface area contributed by atoms with Crippen LogP contribution in [0.25, 0.3) is 28.4 Å². The summed E-state index contributed by atoms with van der Waals surface area (Å²) in [4.78, 5) is 19.8. The summed E-state index contributed by atoms with van der Waals surface area (Å²) in [5, 5.41) is 0.963. The van der Waals surface area contributed by atoms with Gasteiger partial charge < -0.3 is 28.4 Å². The van der Waals surface area contributed by atoms with E-state index in [9.17, 15) is 4.79 Å². The Balaban J connectivity index is 1.49. The minimum Gasteiger partial charge on any atom is -0.493 e. The third kappa shape index (κ3) is 4.42. The molecule has 0 saturated heterocycles. The van der Waals surface area contributed by atoms with Gasteiger partial charge in [0.25, 0.3) is 0 Å². The van der Waals surface area contributed by atoms with Gasteiger partial charge in [-0.1, -0.05) is 0 Å². The average molecular weight is 514 g/mol. The van der Waals surface area contributed by atoms with Crippen molar-refractivity contribution in [2.24, 2.45) is 7.05 Å². The largest absolute Gasteiger partial charge is 0.493 e. The van der Waals surface area contributed by atoms with Gasteiger partial charge in [-0.2, -0.15) is 0 Å². The average Bonchev–Trinajstić information content (AvgIpc) is 3.25. The zero-order chi connectivity index (χ0) is 26.8. The van der Waals surface area contributed by atoms with Crippen LogP contribution in [-0.4, -0.2) is 55.3 Å². The summed E-state index contributed by atoms with van der Waals surface area (Å²) in [6.07, 6.45) is 6.07. The van der Waals surface area contributed by atoms with Gasteiger partial charge in [0.05, 0.1) is 34.1 Å². The smallest absolute Gasteiger partial charge is 0.246 e. The number of nitrogens with zero attached hydrogens (tertiary/aromatic N) is 3. The molecule has 0 bridgehead atoms. The highest BCUT2D eigenvalue weighted by atomic mass is 16.5. The number of aryl methyl sites for hydroxylation is 1. The zero-order valence-electron chi connectivity index (χ0n) is 22.3. The summed E-state index contributed by atoms with van der Waals surface area (Å²) in [5.41, 5.74) is 5.85. The third-order valence-corrected chi connectivity index (χ3v) is 7.06. The highest BCUT2D eigenvalue weighted by molar-refractivity contribution is 6.00. The summed E-state index contributed by atoms with van der Waals surface area (Å²) in [5.74, 6) is 2.61. The highest BCUT2D eigenvalue weighted by Crippen LogP contribution is 2.38. The summed E-state index contributed by atoms with van der Waals surface area (Å²) in [6, 6.07) is 13.7. The van der Waals surface area contributed by atoms with Crippen molar-refractivity contribution in [3.8, 4) is 34.3 Å². The van der Waals surface area contributed by atoms with E-state index in [2.05, 4.69) is 4.98 Å². The first-order valence-electron chi connectivity index (χ1n) is 12.4. The molecule has 0 N–H and O–H groups in total. The number of benzene rings is 2. The molecule has 1 amide bonds. The van der Waals surface area contributed by atoms with Gasteiger partial charge in [-0.05, 0) is 66.1 Å². The summed E-state index contributed by atoms with van der Waals surface area (Å²) in [7, 11) is 8.46. The Bertz CT molecular complexity index is 1540. The summed E-state index contributed by atoms with van der Waals surface area (Å²) < 4.78 is 23.9. The quantitative estimate of drug-likeness (QED) is 0.328. The normalized spacial score (nSPS) is 13.0. The number of methoxy groups -OCH3 is 4. The third-order valence-electron chi connectivity index (χ3n) is 7.06. The first kappa shape index (κ1) is 25.2. The summed E-state index contributed by atoms with van der Waals surface area (Å²) >= 11 is 0. The van der Waals surface area contributed by atoms with Gasteiger partial charge in [-0.15, -0.1) is 0 Å². The van der Waals surface area contributed by atoms with E-state index < -0.39 is 0 Å². The minimum absolute atomic E-state index is 0.0513. The SMILES string of the molecule is COc1ccc(-c2c(/C=C/C(=O)N3CCc4cc(OC)c(OC)cc4C3)c3cccnc3n2C)cc1OC. The van der Waals surface area contributed by atoms with Crippen LogP contribution in [-0.2, 0) is 24.8 Å². The molecule has 8 nitrogen and oxygen atoms in total. The number of carbonyl (C=O) groups excluding carboxylic acids is 1. The Morgan fingerprint density at radius 3 is 2.29 bits per heavy atom. The Labute approximate surface area is 222 Å². The lowest BCUT2D eigenvalue weighted by molar-refractivity contribution is -0.126. The Morgan fingerprint density at radius 2 is 1.58 bits per heavy atom. The fourth-order valence-electron chi connectivity index (χ4n) is 5.12. The molecule has 0 unspecified atom stereocenters. The fraction of sp³-hybridized carbons (Fsp3) is 0.267. The molecule has 0 radical (unpaired) electrons. The highest BCUT2D eigenvalue weighted by Gasteiger charge is 2.23. The molecular formula is C30H31N3O5. The molecule has 1 aliphatic heterocycles. The van der Waals surface area contributed by atoms with E-state index in [-0.39, 0.29) is 5.91 Å². The maximum absolute atomic E-state index is 13.4. The van der Waals surface area contributed by atoms with Crippen molar-refractivity contribution in [3.05, 3.63) is 71.4 Å². The zero-order valence-corrected chi connectivity index (χ0v) is 22.3. The first-order valence-corrected chi connectivity index (χ1v) is 12.4. The molecule has 0 saturated carbocycles. The van der Waals surface area contributed by atoms with Gasteiger partial charge in [-0.25, -0.2) is 4.98 Å². The van der Waals surface area contributed by atoms with Crippen molar-refractivity contribution in [1.29, 1.82) is 0 Å². The van der Waals surface area contributed by atoms with Gasteiger partial charge in [0.1, 0.15) is 5.65 Å². The second kappa shape index (κ2) is 10.5. The lowest BCUT2D eigenvalue weighted by Gasteiger charge is -2.28. The molecule has 1 aliphatic rings. The Hall–Kier alpha value is -4.46. The van der Waals surface area contributed by atoms with Gasteiger partial charge in [0.15, 0.2) is 23.0 Å². The molecule has 8 heteroatoms. The maximum Gasteiger partial charge on any atom is 0.246 e. The maximum atomic E-state index is 13.4. The second-order valence-corrected chi connectivity index (χ2v) is 9.08. The van der Waals surface area contributed by atoms with E-state index in [4.69, 9.17) is 18.9 Å². The van der Waals surface area contributed by atoms with E-state index >= 15 is 0 Å². The van der Waals surface area contributed by atoms with Crippen molar-refractivity contribution in [3.63, 3.8) is 0 Å². The summed E-state index contributed by atoms with van der Waals surface area (Å²) in [6.45, 7) is 1.14. The van der Waals surface area contributed by atoms with E-state index in [1.165, 1.54) is 5.56 Å². The van der Waals surface area contributed by atoms with Crippen LogP contribution >= 0.6 is 0 Å². The van der Waals surface area contributed by atoms with Crippen LogP contribution < -0.4 is 18.9 Å². The number of fused-ring (bicyclic) bond motifs is 2. The molecule has 0 fully saturated rings. The molecule has 196 valence electrons. The van der Waals surface area contributed by atoms with Crippen molar-refractivity contribution < 1.29 is 23.7 Å². The standard InChI is InChI=1S/C30H31N3O5/c1-32-29(20-8-10-24(35-2)25(16-20)36-3)22(23-7-6-13-31-30(23)32)9-11-28(34)33-14-12-19-15-26(37-4)27(38-5)17-21(19)18-33/h6-11,13,15-17H,12,14,18H2,1-5H3/b11-9+. The van der Waals surface area contributed by atoms with Crippen LogP contribution in [0.4, 0.5) is 0 Å². The fourth-order valence-corrected chi connectivity index (χ4v) is 5.12. The number of rotatable bonds is 7. The topological polar surface area (TPSA) is 75.0 Å². The number of pyridine rings is 1. The van der Waals surface area contributed by atoms with E-state index in [1.54, 1.807) is 40.7 Å². The molecule has 0 atom stereocenters. The molecule has 3 heterocycles. The minimum atomic E-state index is -0.0513. The van der Waals surface area contributed by atoms with Gasteiger partial charge in [0.2, 0.25) is 5.91 Å². The van der Waals surface area contributed by atoms with Crippen LogP contribution in [0.15, 0.2) is 54.7 Å². The lowest BCUT2D eigenvalue weighted by atomic mass is 9.98. The van der Waals surface area contributed by atoms with E-state index in [0.717, 1.165) is 39.8 Å². The predicted octanol–water partition coefficient (Wildman–Crippen LogP) is 4.87. The van der Waals surface area contributed by atoms with Crippen molar-refractivity contribution in [2.45, 2.75) is 13.0 Å². The first-order chi connectivity index (χ1) is 18.5. The number of hydrogen-bond donors (Lipinski definition) is 0. The van der Waals surface area contributed by atoms with Crippen LogP contribution in [0.5, 0.6) is 23.0 Å². The van der Waals surface area contributed by atoms with Crippen LogP contribution in [0.1, 0.15) is 16.7 Å². The van der Waals surface area contributed by atoms with Gasteiger partial charge in [0, 0.05) is 48.9 Å². The van der Waals surface area contributed by atoms with Crippen LogP contribution in [0.2, 0.25) is 0 Å². The number of carbonyl (C=O) groups is 1. The predicted molar refractivity (Wildman–Crippen MR) is 147 cm³/mol. The molecule has 0 spiro atoms. The van der Waals surface area contributed by atoms with Crippen molar-refractivity contribution in [1.82, 2.24) is 14.5 Å². The second-order valence-electron chi connectivity index (χ2n) is 9.08. The molecule has 38 heavy (non-hydrogen) atoms. The number of amides is 1. The Morgan fingerprint density at radius 1 is 0.895 bits per heavy atom. The Kier molecular flexibility index (Phi) is 6.96. The van der Waals surface area contributed by atoms with Crippen molar-refractivity contribution >= 4 is 23.0 Å². The van der Waals surface area contributed by atoms with E-state index in [1.807, 2.05) is 65.1 Å². The monoisotopic (exact) mass is 513 g/mol. The molecule has 5 rings (SSSR count).